The molecule has 98 valence electrons. The number of hydrogen-bond donors (Lipinski definition) is 1. The summed E-state index contributed by atoms with van der Waals surface area (Å²) in [6, 6.07) is 0. The lowest BCUT2D eigenvalue weighted by Gasteiger charge is -2.51. The van der Waals surface area contributed by atoms with Crippen LogP contribution in [0.2, 0.25) is 0 Å². The molecule has 0 radical (unpaired) electrons. The smallest absolute Gasteiger partial charge is 0.0309 e. The van der Waals surface area contributed by atoms with Gasteiger partial charge in [-0.3, -0.25) is 4.90 Å². The number of nitrogens with one attached hydrogen (secondary N) is 1. The Hall–Kier alpha value is -0.0800. The molecule has 0 atom stereocenters. The molecular weight excluding hydrogens is 208 g/mol. The van der Waals surface area contributed by atoms with Gasteiger partial charge in [0.25, 0.3) is 0 Å². The Bertz CT molecular complexity index is 269. The molecule has 0 aromatic heterocycles. The van der Waals surface area contributed by atoms with Crippen molar-refractivity contribution in [3.63, 3.8) is 0 Å². The predicted octanol–water partition coefficient (Wildman–Crippen LogP) is 2.78. The second-order valence-electron chi connectivity index (χ2n) is 7.12. The SMILES string of the molecule is CC(C)(C1CC1)N1CCNC2(CCCCC2)C1. The van der Waals surface area contributed by atoms with E-state index >= 15 is 0 Å². The zero-order valence-corrected chi connectivity index (χ0v) is 11.6. The second-order valence-corrected chi connectivity index (χ2v) is 7.12. The average Bonchev–Trinajstić information content (AvgIpc) is 3.14. The van der Waals surface area contributed by atoms with Crippen molar-refractivity contribution in [2.45, 2.75) is 69.9 Å². The van der Waals surface area contributed by atoms with E-state index in [1.54, 1.807) is 0 Å². The molecule has 0 aromatic rings. The minimum atomic E-state index is 0.451. The zero-order valence-electron chi connectivity index (χ0n) is 11.6. The maximum Gasteiger partial charge on any atom is 0.0309 e. The number of piperazine rings is 1. The fraction of sp³-hybridized carbons (Fsp3) is 1.00. The van der Waals surface area contributed by atoms with Crippen molar-refractivity contribution in [2.75, 3.05) is 19.6 Å². The highest BCUT2D eigenvalue weighted by Gasteiger charge is 2.46. The van der Waals surface area contributed by atoms with Gasteiger partial charge in [-0.2, -0.15) is 0 Å². The Morgan fingerprint density at radius 3 is 2.47 bits per heavy atom. The molecule has 0 aromatic carbocycles. The van der Waals surface area contributed by atoms with Gasteiger partial charge < -0.3 is 5.32 Å². The summed E-state index contributed by atoms with van der Waals surface area (Å²) in [7, 11) is 0. The first-order valence-corrected chi connectivity index (χ1v) is 7.63. The lowest BCUT2D eigenvalue weighted by atomic mass is 9.78. The van der Waals surface area contributed by atoms with Gasteiger partial charge in [0.15, 0.2) is 0 Å². The lowest BCUT2D eigenvalue weighted by Crippen LogP contribution is -2.65. The first kappa shape index (κ1) is 12.0. The van der Waals surface area contributed by atoms with E-state index in [9.17, 15) is 0 Å². The van der Waals surface area contributed by atoms with Crippen molar-refractivity contribution in [1.82, 2.24) is 10.2 Å². The van der Waals surface area contributed by atoms with E-state index in [1.807, 2.05) is 0 Å². The van der Waals surface area contributed by atoms with E-state index in [-0.39, 0.29) is 0 Å². The van der Waals surface area contributed by atoms with Crippen LogP contribution in [0.1, 0.15) is 58.8 Å². The Kier molecular flexibility index (Phi) is 2.99. The first-order chi connectivity index (χ1) is 8.12. The van der Waals surface area contributed by atoms with Crippen LogP contribution in [0.5, 0.6) is 0 Å². The molecule has 2 saturated carbocycles. The molecule has 0 bridgehead atoms. The highest BCUT2D eigenvalue weighted by molar-refractivity contribution is 5.03. The second kappa shape index (κ2) is 4.24. The van der Waals surface area contributed by atoms with Crippen molar-refractivity contribution >= 4 is 0 Å². The maximum atomic E-state index is 3.85. The first-order valence-electron chi connectivity index (χ1n) is 7.63. The van der Waals surface area contributed by atoms with Crippen molar-refractivity contribution in [3.8, 4) is 0 Å². The Labute approximate surface area is 106 Å². The predicted molar refractivity (Wildman–Crippen MR) is 72.2 cm³/mol. The Balaban J connectivity index is 1.70. The van der Waals surface area contributed by atoms with Crippen LogP contribution in [0.25, 0.3) is 0 Å². The molecule has 1 heterocycles. The molecule has 2 nitrogen and oxygen atoms in total. The summed E-state index contributed by atoms with van der Waals surface area (Å²) < 4.78 is 0. The fourth-order valence-electron chi connectivity index (χ4n) is 4.06. The highest BCUT2D eigenvalue weighted by Crippen LogP contribution is 2.44. The van der Waals surface area contributed by atoms with E-state index in [0.29, 0.717) is 11.1 Å². The van der Waals surface area contributed by atoms with Crippen LogP contribution in [0.3, 0.4) is 0 Å². The van der Waals surface area contributed by atoms with Gasteiger partial charge in [-0.15, -0.1) is 0 Å². The molecule has 3 aliphatic rings. The van der Waals surface area contributed by atoms with Gasteiger partial charge in [-0.25, -0.2) is 0 Å². The van der Waals surface area contributed by atoms with E-state index in [2.05, 4.69) is 24.1 Å². The van der Waals surface area contributed by atoms with Crippen LogP contribution in [0, 0.1) is 5.92 Å². The maximum absolute atomic E-state index is 3.85. The quantitative estimate of drug-likeness (QED) is 0.793. The minimum absolute atomic E-state index is 0.451. The minimum Gasteiger partial charge on any atom is -0.309 e. The summed E-state index contributed by atoms with van der Waals surface area (Å²) >= 11 is 0. The molecule has 1 aliphatic heterocycles. The van der Waals surface area contributed by atoms with Crippen molar-refractivity contribution in [3.05, 3.63) is 0 Å². The number of hydrogen-bond acceptors (Lipinski definition) is 2. The molecule has 0 unspecified atom stereocenters. The van der Waals surface area contributed by atoms with Crippen LogP contribution in [-0.4, -0.2) is 35.6 Å². The van der Waals surface area contributed by atoms with E-state index in [4.69, 9.17) is 0 Å². The molecule has 2 heteroatoms. The summed E-state index contributed by atoms with van der Waals surface area (Å²) in [4.78, 5) is 2.80. The molecule has 3 fully saturated rings. The molecule has 17 heavy (non-hydrogen) atoms. The van der Waals surface area contributed by atoms with Crippen molar-refractivity contribution < 1.29 is 0 Å². The number of nitrogens with zero attached hydrogens (tertiary/aromatic N) is 1. The molecule has 1 saturated heterocycles. The van der Waals surface area contributed by atoms with Crippen LogP contribution >= 0.6 is 0 Å². The monoisotopic (exact) mass is 236 g/mol. The standard InChI is InChI=1S/C15H28N2/c1-14(2,13-6-7-13)17-11-10-16-15(12-17)8-4-3-5-9-15/h13,16H,3-12H2,1-2H3. The summed E-state index contributed by atoms with van der Waals surface area (Å²) in [5.74, 6) is 0.973. The van der Waals surface area contributed by atoms with Crippen molar-refractivity contribution in [1.29, 1.82) is 0 Å². The molecule has 0 amide bonds. The van der Waals surface area contributed by atoms with E-state index in [0.717, 1.165) is 5.92 Å². The lowest BCUT2D eigenvalue weighted by molar-refractivity contribution is 0.0184. The Morgan fingerprint density at radius 2 is 1.82 bits per heavy atom. The summed E-state index contributed by atoms with van der Waals surface area (Å²) in [6.07, 6.45) is 10.1. The fourth-order valence-corrected chi connectivity index (χ4v) is 4.06. The zero-order chi connectivity index (χ0) is 11.9. The summed E-state index contributed by atoms with van der Waals surface area (Å²) in [6.45, 7) is 8.72. The largest absolute Gasteiger partial charge is 0.309 e. The van der Waals surface area contributed by atoms with Gasteiger partial charge in [0.2, 0.25) is 0 Å². The van der Waals surface area contributed by atoms with Crippen LogP contribution < -0.4 is 5.32 Å². The molecule has 3 rings (SSSR count). The van der Waals surface area contributed by atoms with Gasteiger partial charge in [0, 0.05) is 30.7 Å². The highest BCUT2D eigenvalue weighted by atomic mass is 15.3. The van der Waals surface area contributed by atoms with Gasteiger partial charge in [0.1, 0.15) is 0 Å². The van der Waals surface area contributed by atoms with Crippen LogP contribution in [-0.2, 0) is 0 Å². The van der Waals surface area contributed by atoms with Gasteiger partial charge in [0.05, 0.1) is 0 Å². The number of rotatable bonds is 2. The molecule has 1 spiro atoms. The van der Waals surface area contributed by atoms with Gasteiger partial charge in [-0.1, -0.05) is 19.3 Å². The summed E-state index contributed by atoms with van der Waals surface area (Å²) in [5.41, 5.74) is 0.926. The van der Waals surface area contributed by atoms with Gasteiger partial charge in [-0.05, 0) is 45.4 Å². The van der Waals surface area contributed by atoms with Gasteiger partial charge >= 0.3 is 0 Å². The molecule has 1 N–H and O–H groups in total. The van der Waals surface area contributed by atoms with Crippen LogP contribution in [0.4, 0.5) is 0 Å². The van der Waals surface area contributed by atoms with E-state index in [1.165, 1.54) is 64.6 Å². The topological polar surface area (TPSA) is 15.3 Å². The normalized spacial score (nSPS) is 30.7. The average molecular weight is 236 g/mol. The van der Waals surface area contributed by atoms with Crippen molar-refractivity contribution in [2.24, 2.45) is 5.92 Å². The van der Waals surface area contributed by atoms with Crippen LogP contribution in [0.15, 0.2) is 0 Å². The Morgan fingerprint density at radius 1 is 1.12 bits per heavy atom. The molecular formula is C15H28N2. The van der Waals surface area contributed by atoms with E-state index < -0.39 is 0 Å². The third-order valence-electron chi connectivity index (χ3n) is 5.58. The third-order valence-corrected chi connectivity index (χ3v) is 5.58. The summed E-state index contributed by atoms with van der Waals surface area (Å²) in [5, 5.41) is 3.85. The molecule has 2 aliphatic carbocycles. The third kappa shape index (κ3) is 2.26.